The summed E-state index contributed by atoms with van der Waals surface area (Å²) in [5.74, 6) is 0. The quantitative estimate of drug-likeness (QED) is 0.289. The van der Waals surface area contributed by atoms with E-state index in [0.29, 0.717) is 13.0 Å². The Morgan fingerprint density at radius 1 is 0.640 bits per heavy atom. The van der Waals surface area contributed by atoms with Crippen molar-refractivity contribution in [2.45, 2.75) is 71.1 Å². The summed E-state index contributed by atoms with van der Waals surface area (Å²) in [4.78, 5) is 1.77. The lowest BCUT2D eigenvalue weighted by Gasteiger charge is -2.11. The van der Waals surface area contributed by atoms with Gasteiger partial charge in [0.05, 0.1) is 0 Å². The second kappa shape index (κ2) is 13.9. The van der Waals surface area contributed by atoms with Gasteiger partial charge in [-0.05, 0) is 20.5 Å². The molecule has 0 aliphatic heterocycles. The van der Waals surface area contributed by atoms with E-state index >= 15 is 0 Å². The molecule has 0 aromatic rings. The van der Waals surface area contributed by atoms with E-state index in [1.54, 1.807) is 19.0 Å². The normalized spacial score (nSPS) is 12.8. The number of hydrogen-bond acceptors (Lipinski definition) is 5. The third-order valence-corrected chi connectivity index (χ3v) is 8.07. The fraction of sp³-hybridized carbons (Fsp3) is 1.00. The molecule has 0 unspecified atom stereocenters. The Morgan fingerprint density at radius 3 is 1.48 bits per heavy atom. The highest BCUT2D eigenvalue weighted by atomic mass is 33.2. The van der Waals surface area contributed by atoms with Crippen molar-refractivity contribution < 1.29 is 16.8 Å². The van der Waals surface area contributed by atoms with Gasteiger partial charge < -0.3 is 4.90 Å². The summed E-state index contributed by atoms with van der Waals surface area (Å²) in [5.41, 5.74) is 0. The molecule has 0 fully saturated rings. The highest BCUT2D eigenvalue weighted by Gasteiger charge is 2.28. The minimum Gasteiger partial charge on any atom is -0.308 e. The zero-order chi connectivity index (χ0) is 19.2. The molecule has 0 radical (unpaired) electrons. The monoisotopic (exact) mass is 399 g/mol. The van der Waals surface area contributed by atoms with Crippen LogP contribution in [0.4, 0.5) is 0 Å². The maximum absolute atomic E-state index is 11.8. The van der Waals surface area contributed by atoms with Crippen molar-refractivity contribution in [2.75, 3.05) is 33.7 Å². The summed E-state index contributed by atoms with van der Waals surface area (Å²) in [7, 11) is -5.19. The average molecular weight is 400 g/mol. The van der Waals surface area contributed by atoms with Crippen LogP contribution in [-0.2, 0) is 18.1 Å². The van der Waals surface area contributed by atoms with Crippen LogP contribution in [0, 0.1) is 0 Å². The molecule has 0 aliphatic rings. The van der Waals surface area contributed by atoms with Crippen LogP contribution in [0.25, 0.3) is 0 Å². The minimum atomic E-state index is -4.38. The van der Waals surface area contributed by atoms with Gasteiger partial charge in [-0.15, -0.1) is 0 Å². The first-order chi connectivity index (χ1) is 11.7. The second-order valence-electron chi connectivity index (χ2n) is 6.68. The summed E-state index contributed by atoms with van der Waals surface area (Å²) in [6.07, 6.45) is 11.5. The molecule has 2 N–H and O–H groups in total. The van der Waals surface area contributed by atoms with Gasteiger partial charge in [0.1, 0.15) is 0 Å². The van der Waals surface area contributed by atoms with Gasteiger partial charge in [0.15, 0.2) is 0 Å². The predicted octanol–water partition coefficient (Wildman–Crippen LogP) is 2.22. The van der Waals surface area contributed by atoms with Crippen LogP contribution in [0.3, 0.4) is 0 Å². The number of nitrogens with one attached hydrogen (secondary N) is 2. The second-order valence-corrected chi connectivity index (χ2v) is 11.7. The SMILES string of the molecule is CCCCCCCCCCCCNS(=O)(=O)S(=O)(=O)NCCN(C)C. The Morgan fingerprint density at radius 2 is 1.04 bits per heavy atom. The van der Waals surface area contributed by atoms with E-state index in [0.717, 1.165) is 19.3 Å². The zero-order valence-electron chi connectivity index (χ0n) is 16.1. The average Bonchev–Trinajstić information content (AvgIpc) is 2.51. The van der Waals surface area contributed by atoms with Crippen molar-refractivity contribution in [1.29, 1.82) is 0 Å². The molecule has 0 atom stereocenters. The van der Waals surface area contributed by atoms with Crippen LogP contribution in [0.1, 0.15) is 71.1 Å². The van der Waals surface area contributed by atoms with Gasteiger partial charge in [-0.1, -0.05) is 64.7 Å². The van der Waals surface area contributed by atoms with Crippen LogP contribution >= 0.6 is 0 Å². The number of hydrogen-bond donors (Lipinski definition) is 2. The van der Waals surface area contributed by atoms with Crippen LogP contribution in [0.5, 0.6) is 0 Å². The van der Waals surface area contributed by atoms with E-state index < -0.39 is 18.1 Å². The molecule has 0 heterocycles. The van der Waals surface area contributed by atoms with Crippen molar-refractivity contribution in [3.63, 3.8) is 0 Å². The Balaban J connectivity index is 3.78. The van der Waals surface area contributed by atoms with Crippen molar-refractivity contribution in [1.82, 2.24) is 14.3 Å². The van der Waals surface area contributed by atoms with Crippen molar-refractivity contribution in [2.24, 2.45) is 0 Å². The van der Waals surface area contributed by atoms with Gasteiger partial charge in [-0.3, -0.25) is 0 Å². The molecule has 0 bridgehead atoms. The third-order valence-electron chi connectivity index (χ3n) is 3.94. The van der Waals surface area contributed by atoms with Crippen LogP contribution in [-0.4, -0.2) is 55.5 Å². The topological polar surface area (TPSA) is 95.6 Å². The number of likely N-dealkylation sites (N-methyl/N-ethyl adjacent to an activating group) is 1. The van der Waals surface area contributed by atoms with Gasteiger partial charge in [0.2, 0.25) is 0 Å². The molecule has 7 nitrogen and oxygen atoms in total. The maximum atomic E-state index is 11.8. The first-order valence-corrected chi connectivity index (χ1v) is 12.8. The summed E-state index contributed by atoms with van der Waals surface area (Å²) in [6.45, 7) is 2.87. The van der Waals surface area contributed by atoms with E-state index in [2.05, 4.69) is 16.4 Å². The molecule has 25 heavy (non-hydrogen) atoms. The molecule has 0 spiro atoms. The van der Waals surface area contributed by atoms with Crippen molar-refractivity contribution in [3.8, 4) is 0 Å². The number of nitrogens with zero attached hydrogens (tertiary/aromatic N) is 1. The fourth-order valence-corrected chi connectivity index (χ4v) is 4.84. The lowest BCUT2D eigenvalue weighted by Crippen LogP contribution is -2.41. The molecule has 0 aromatic carbocycles. The van der Waals surface area contributed by atoms with Crippen molar-refractivity contribution in [3.05, 3.63) is 0 Å². The number of rotatable bonds is 17. The lowest BCUT2D eigenvalue weighted by atomic mass is 10.1. The molecule has 0 rings (SSSR count). The minimum absolute atomic E-state index is 0.0640. The molecule has 0 saturated heterocycles. The molecular weight excluding hydrogens is 362 g/mol. The standard InChI is InChI=1S/C16H37N3O4S2/c1-4-5-6-7-8-9-10-11-12-13-14-17-24(20,21)25(22,23)18-15-16-19(2)3/h17-18H,4-16H2,1-3H3. The lowest BCUT2D eigenvalue weighted by molar-refractivity contribution is 0.413. The van der Waals surface area contributed by atoms with E-state index in [1.807, 2.05) is 0 Å². The van der Waals surface area contributed by atoms with Crippen LogP contribution in [0.2, 0.25) is 0 Å². The third kappa shape index (κ3) is 12.7. The highest BCUT2D eigenvalue weighted by Crippen LogP contribution is 2.10. The Hall–Kier alpha value is -0.220. The van der Waals surface area contributed by atoms with Gasteiger partial charge >= 0.3 is 18.1 Å². The van der Waals surface area contributed by atoms with Gasteiger partial charge in [0.25, 0.3) is 0 Å². The summed E-state index contributed by atoms with van der Waals surface area (Å²) in [6, 6.07) is 0. The first kappa shape index (κ1) is 24.8. The highest BCUT2D eigenvalue weighted by molar-refractivity contribution is 8.65. The van der Waals surface area contributed by atoms with Gasteiger partial charge in [-0.25, -0.2) is 4.72 Å². The molecule has 0 aliphatic carbocycles. The molecule has 0 saturated carbocycles. The smallest absolute Gasteiger partial charge is 0.308 e. The largest absolute Gasteiger partial charge is 0.331 e. The summed E-state index contributed by atoms with van der Waals surface area (Å²) in [5, 5.41) is 0. The number of unbranched alkanes of at least 4 members (excludes halogenated alkanes) is 9. The first-order valence-electron chi connectivity index (χ1n) is 9.37. The Bertz CT molecular complexity index is 519. The molecule has 9 heteroatoms. The Kier molecular flexibility index (Phi) is 13.8. The maximum Gasteiger partial charge on any atom is 0.331 e. The summed E-state index contributed by atoms with van der Waals surface area (Å²) >= 11 is 0. The molecule has 0 amide bonds. The van der Waals surface area contributed by atoms with Gasteiger partial charge in [0, 0.05) is 19.6 Å². The Labute approximate surface area is 154 Å². The predicted molar refractivity (Wildman–Crippen MR) is 104 cm³/mol. The molecule has 0 aromatic heterocycles. The molecular formula is C16H37N3O4S2. The zero-order valence-corrected chi connectivity index (χ0v) is 17.7. The van der Waals surface area contributed by atoms with Crippen LogP contribution < -0.4 is 9.44 Å². The van der Waals surface area contributed by atoms with E-state index in [4.69, 9.17) is 0 Å². The van der Waals surface area contributed by atoms with Crippen LogP contribution in [0.15, 0.2) is 0 Å². The fourth-order valence-electron chi connectivity index (χ4n) is 2.36. The van der Waals surface area contributed by atoms with Crippen molar-refractivity contribution >= 4 is 18.1 Å². The molecule has 152 valence electrons. The van der Waals surface area contributed by atoms with E-state index in [-0.39, 0.29) is 13.1 Å². The van der Waals surface area contributed by atoms with E-state index in [1.165, 1.54) is 38.5 Å². The van der Waals surface area contributed by atoms with E-state index in [9.17, 15) is 16.8 Å². The van der Waals surface area contributed by atoms with Gasteiger partial charge in [-0.2, -0.15) is 21.6 Å². The summed E-state index contributed by atoms with van der Waals surface area (Å²) < 4.78 is 51.4.